The molecule has 1 saturated heterocycles. The molecular weight excluding hydrogens is 282 g/mol. The minimum absolute atomic E-state index is 0.151. The van der Waals surface area contributed by atoms with E-state index in [0.29, 0.717) is 12.0 Å². The molecule has 0 aromatic carbocycles. The van der Waals surface area contributed by atoms with Gasteiger partial charge in [0.05, 0.1) is 12.6 Å². The summed E-state index contributed by atoms with van der Waals surface area (Å²) >= 11 is 0. The molecule has 1 heterocycles. The van der Waals surface area contributed by atoms with Crippen molar-refractivity contribution in [1.82, 2.24) is 4.90 Å². The molecule has 0 unspecified atom stereocenters. The third-order valence-electron chi connectivity index (χ3n) is 6.36. The third-order valence-corrected chi connectivity index (χ3v) is 6.36. The standard InChI is InChI=1S/C21H33NO/c1-5-6-14-22-20(17-10-8-7-9-11-17)23-19-15-16(2)12-13-18(19)21(22,3)4/h10,16,18-20H,7-9,11-15H2,1-4H3/t16-,18-,19-,20+/m1/s1. The number of hydrogen-bond acceptors (Lipinski definition) is 2. The van der Waals surface area contributed by atoms with Crippen molar-refractivity contribution in [3.05, 3.63) is 11.6 Å². The lowest BCUT2D eigenvalue weighted by molar-refractivity contribution is -0.216. The number of hydrogen-bond donors (Lipinski definition) is 0. The Kier molecular flexibility index (Phi) is 5.19. The fraction of sp³-hybridized carbons (Fsp3) is 0.810. The SMILES string of the molecule is CC#CCN1[C@H](C2=CCCCC2)O[C@@H]2C[C@H](C)CC[C@H]2C1(C)C. The molecule has 0 bridgehead atoms. The van der Waals surface area contributed by atoms with E-state index in [9.17, 15) is 0 Å². The Balaban J connectivity index is 1.90. The van der Waals surface area contributed by atoms with Crippen LogP contribution in [0.1, 0.15) is 72.6 Å². The molecular formula is C21H33NO. The van der Waals surface area contributed by atoms with E-state index in [1.165, 1.54) is 50.5 Å². The highest BCUT2D eigenvalue weighted by molar-refractivity contribution is 5.17. The van der Waals surface area contributed by atoms with E-state index in [4.69, 9.17) is 4.74 Å². The second kappa shape index (κ2) is 6.99. The summed E-state index contributed by atoms with van der Waals surface area (Å²) in [4.78, 5) is 2.55. The predicted molar refractivity (Wildman–Crippen MR) is 96.0 cm³/mol. The molecule has 23 heavy (non-hydrogen) atoms. The van der Waals surface area contributed by atoms with Gasteiger partial charge in [-0.15, -0.1) is 5.92 Å². The van der Waals surface area contributed by atoms with Crippen LogP contribution in [0.2, 0.25) is 0 Å². The number of fused-ring (bicyclic) bond motifs is 1. The van der Waals surface area contributed by atoms with Crippen LogP contribution in [0.5, 0.6) is 0 Å². The molecule has 0 radical (unpaired) electrons. The van der Waals surface area contributed by atoms with Crippen molar-refractivity contribution < 1.29 is 4.74 Å². The van der Waals surface area contributed by atoms with Gasteiger partial charge in [0.2, 0.25) is 0 Å². The smallest absolute Gasteiger partial charge is 0.134 e. The Morgan fingerprint density at radius 2 is 2.13 bits per heavy atom. The van der Waals surface area contributed by atoms with Gasteiger partial charge in [-0.25, -0.2) is 0 Å². The lowest BCUT2D eigenvalue weighted by Gasteiger charge is -2.57. The summed E-state index contributed by atoms with van der Waals surface area (Å²) in [6, 6.07) is 0. The molecule has 2 aliphatic carbocycles. The highest BCUT2D eigenvalue weighted by Gasteiger charge is 2.50. The summed E-state index contributed by atoms with van der Waals surface area (Å²) < 4.78 is 6.74. The maximum atomic E-state index is 6.74. The average molecular weight is 316 g/mol. The summed E-state index contributed by atoms with van der Waals surface area (Å²) in [5.74, 6) is 7.84. The second-order valence-electron chi connectivity index (χ2n) is 8.28. The van der Waals surface area contributed by atoms with Gasteiger partial charge in [-0.1, -0.05) is 25.3 Å². The molecule has 2 nitrogen and oxygen atoms in total. The molecule has 2 heteroatoms. The van der Waals surface area contributed by atoms with Crippen LogP contribution in [0.15, 0.2) is 11.6 Å². The van der Waals surface area contributed by atoms with Gasteiger partial charge < -0.3 is 4.74 Å². The average Bonchev–Trinajstić information content (AvgIpc) is 2.54. The zero-order valence-electron chi connectivity index (χ0n) is 15.4. The topological polar surface area (TPSA) is 12.5 Å². The Morgan fingerprint density at radius 3 is 2.83 bits per heavy atom. The molecule has 1 saturated carbocycles. The molecule has 4 atom stereocenters. The minimum Gasteiger partial charge on any atom is -0.356 e. The summed E-state index contributed by atoms with van der Waals surface area (Å²) in [5, 5.41) is 0. The van der Waals surface area contributed by atoms with Crippen LogP contribution in [0, 0.1) is 23.7 Å². The molecule has 0 spiro atoms. The predicted octanol–water partition coefficient (Wildman–Crippen LogP) is 4.75. The molecule has 3 rings (SSSR count). The van der Waals surface area contributed by atoms with Crippen LogP contribution in [0.25, 0.3) is 0 Å². The largest absolute Gasteiger partial charge is 0.356 e. The fourth-order valence-corrected chi connectivity index (χ4v) is 4.87. The van der Waals surface area contributed by atoms with Crippen molar-refractivity contribution >= 4 is 0 Å². The van der Waals surface area contributed by atoms with Crippen molar-refractivity contribution in [1.29, 1.82) is 0 Å². The zero-order valence-corrected chi connectivity index (χ0v) is 15.4. The summed E-state index contributed by atoms with van der Waals surface area (Å²) in [6.07, 6.45) is 11.9. The Labute approximate surface area is 142 Å². The van der Waals surface area contributed by atoms with E-state index in [2.05, 4.69) is 43.6 Å². The molecule has 0 aromatic rings. The maximum absolute atomic E-state index is 6.74. The fourth-order valence-electron chi connectivity index (χ4n) is 4.87. The molecule has 0 N–H and O–H groups in total. The Bertz CT molecular complexity index is 510. The van der Waals surface area contributed by atoms with E-state index in [0.717, 1.165) is 12.5 Å². The normalized spacial score (nSPS) is 37.3. The van der Waals surface area contributed by atoms with E-state index in [-0.39, 0.29) is 11.8 Å². The number of ether oxygens (including phenoxy) is 1. The van der Waals surface area contributed by atoms with Crippen molar-refractivity contribution in [3.63, 3.8) is 0 Å². The van der Waals surface area contributed by atoms with Crippen LogP contribution >= 0.6 is 0 Å². The van der Waals surface area contributed by atoms with Gasteiger partial charge >= 0.3 is 0 Å². The lowest BCUT2D eigenvalue weighted by Crippen LogP contribution is -2.65. The molecule has 128 valence electrons. The number of allylic oxidation sites excluding steroid dienone is 1. The molecule has 3 aliphatic rings. The first-order valence-electron chi connectivity index (χ1n) is 9.54. The zero-order chi connectivity index (χ0) is 16.4. The van der Waals surface area contributed by atoms with Crippen LogP contribution in [0.4, 0.5) is 0 Å². The van der Waals surface area contributed by atoms with E-state index in [1.54, 1.807) is 0 Å². The van der Waals surface area contributed by atoms with Crippen LogP contribution in [0.3, 0.4) is 0 Å². The van der Waals surface area contributed by atoms with Gasteiger partial charge in [0.25, 0.3) is 0 Å². The van der Waals surface area contributed by atoms with Crippen LogP contribution < -0.4 is 0 Å². The molecule has 1 aliphatic heterocycles. The molecule has 0 aromatic heterocycles. The number of rotatable bonds is 2. The van der Waals surface area contributed by atoms with E-state index in [1.807, 2.05) is 6.92 Å². The first kappa shape index (κ1) is 17.1. The van der Waals surface area contributed by atoms with Crippen LogP contribution in [-0.2, 0) is 4.74 Å². The highest BCUT2D eigenvalue weighted by Crippen LogP contribution is 2.46. The summed E-state index contributed by atoms with van der Waals surface area (Å²) in [7, 11) is 0. The van der Waals surface area contributed by atoms with Crippen molar-refractivity contribution in [3.8, 4) is 11.8 Å². The van der Waals surface area contributed by atoms with E-state index < -0.39 is 0 Å². The third kappa shape index (κ3) is 3.37. The first-order valence-corrected chi connectivity index (χ1v) is 9.54. The lowest BCUT2D eigenvalue weighted by atomic mass is 9.69. The minimum atomic E-state index is 0.151. The summed E-state index contributed by atoms with van der Waals surface area (Å²) in [5.41, 5.74) is 1.68. The highest BCUT2D eigenvalue weighted by atomic mass is 16.5. The van der Waals surface area contributed by atoms with Gasteiger partial charge in [-0.3, -0.25) is 4.90 Å². The van der Waals surface area contributed by atoms with Gasteiger partial charge in [0, 0.05) is 11.5 Å². The molecule has 2 fully saturated rings. The maximum Gasteiger partial charge on any atom is 0.134 e. The number of nitrogens with zero attached hydrogens (tertiary/aromatic N) is 1. The Hall–Kier alpha value is -0.780. The van der Waals surface area contributed by atoms with Gasteiger partial charge in [0.1, 0.15) is 6.23 Å². The van der Waals surface area contributed by atoms with Crippen molar-refractivity contribution in [2.24, 2.45) is 11.8 Å². The van der Waals surface area contributed by atoms with Gasteiger partial charge in [0.15, 0.2) is 0 Å². The summed E-state index contributed by atoms with van der Waals surface area (Å²) in [6.45, 7) is 10.0. The van der Waals surface area contributed by atoms with E-state index >= 15 is 0 Å². The monoisotopic (exact) mass is 315 g/mol. The quantitative estimate of drug-likeness (QED) is 0.538. The molecule has 0 amide bonds. The Morgan fingerprint density at radius 1 is 1.30 bits per heavy atom. The van der Waals surface area contributed by atoms with Crippen molar-refractivity contribution in [2.45, 2.75) is 90.5 Å². The van der Waals surface area contributed by atoms with Gasteiger partial charge in [-0.05, 0) is 70.8 Å². The van der Waals surface area contributed by atoms with Crippen molar-refractivity contribution in [2.75, 3.05) is 6.54 Å². The van der Waals surface area contributed by atoms with Crippen LogP contribution in [-0.4, -0.2) is 29.3 Å². The second-order valence-corrected chi connectivity index (χ2v) is 8.28. The van der Waals surface area contributed by atoms with Gasteiger partial charge in [-0.2, -0.15) is 0 Å². The first-order chi connectivity index (χ1) is 11.0.